The minimum atomic E-state index is -0.408. The van der Waals surface area contributed by atoms with E-state index in [1.165, 1.54) is 23.1 Å². The summed E-state index contributed by atoms with van der Waals surface area (Å²) >= 11 is 0. The summed E-state index contributed by atoms with van der Waals surface area (Å²) in [6.45, 7) is 8.29. The van der Waals surface area contributed by atoms with E-state index in [-0.39, 0.29) is 29.8 Å². The van der Waals surface area contributed by atoms with Gasteiger partial charge in [0.05, 0.1) is 13.1 Å². The third-order valence-electron chi connectivity index (χ3n) is 4.67. The van der Waals surface area contributed by atoms with Crippen molar-refractivity contribution < 1.29 is 18.8 Å². The lowest BCUT2D eigenvalue weighted by molar-refractivity contribution is -0.138. The van der Waals surface area contributed by atoms with Gasteiger partial charge in [-0.15, -0.1) is 0 Å². The number of rotatable bonds is 6. The Hall–Kier alpha value is -2.74. The highest BCUT2D eigenvalue weighted by Crippen LogP contribution is 2.09. The summed E-state index contributed by atoms with van der Waals surface area (Å²) in [6, 6.07) is 6.16. The van der Waals surface area contributed by atoms with Crippen LogP contribution in [0.4, 0.5) is 4.39 Å². The molecule has 0 aliphatic carbocycles. The van der Waals surface area contributed by atoms with Crippen LogP contribution in [0.25, 0.3) is 6.08 Å². The maximum absolute atomic E-state index is 13.6. The van der Waals surface area contributed by atoms with Crippen molar-refractivity contribution in [1.82, 2.24) is 20.0 Å². The molecule has 7 nitrogen and oxygen atoms in total. The number of piperazine rings is 1. The molecular weight excluding hydrogens is 387 g/mol. The molecule has 1 fully saturated rings. The Kier molecular flexibility index (Phi) is 8.11. The van der Waals surface area contributed by atoms with E-state index in [0.717, 1.165) is 0 Å². The van der Waals surface area contributed by atoms with E-state index in [9.17, 15) is 18.8 Å². The molecule has 164 valence electrons. The number of amides is 3. The molecule has 2 rings (SSSR count). The molecule has 1 aliphatic rings. The van der Waals surface area contributed by atoms with Crippen molar-refractivity contribution in [3.8, 4) is 0 Å². The highest BCUT2D eigenvalue weighted by molar-refractivity contribution is 5.94. The van der Waals surface area contributed by atoms with Gasteiger partial charge in [-0.05, 0) is 32.9 Å². The number of carbonyl (C=O) groups excluding carboxylic acids is 3. The lowest BCUT2D eigenvalue weighted by atomic mass is 10.1. The van der Waals surface area contributed by atoms with Gasteiger partial charge in [0.1, 0.15) is 5.82 Å². The number of carbonyl (C=O) groups is 3. The van der Waals surface area contributed by atoms with Crippen molar-refractivity contribution in [2.45, 2.75) is 26.3 Å². The molecule has 1 aromatic rings. The first-order chi connectivity index (χ1) is 14.0. The largest absolute Gasteiger partial charge is 0.350 e. The van der Waals surface area contributed by atoms with E-state index in [0.29, 0.717) is 38.3 Å². The molecule has 0 atom stereocenters. The standard InChI is InChI=1S/C22H31FN4O3/c1-22(2,3)24-19(28)15-26-11-13-27(14-12-26)21(30)16-25(4)20(29)10-9-17-7-5-6-8-18(17)23/h5-10H,11-16H2,1-4H3,(H,24,28)/b10-9+. The van der Waals surface area contributed by atoms with Gasteiger partial charge >= 0.3 is 0 Å². The fourth-order valence-electron chi connectivity index (χ4n) is 3.10. The van der Waals surface area contributed by atoms with Gasteiger partial charge in [0.2, 0.25) is 17.7 Å². The highest BCUT2D eigenvalue weighted by atomic mass is 19.1. The van der Waals surface area contributed by atoms with E-state index in [2.05, 4.69) is 5.32 Å². The fraction of sp³-hybridized carbons (Fsp3) is 0.500. The summed E-state index contributed by atoms with van der Waals surface area (Å²) in [4.78, 5) is 41.8. The molecule has 8 heteroatoms. The number of benzene rings is 1. The predicted octanol–water partition coefficient (Wildman–Crippen LogP) is 1.36. The molecule has 0 radical (unpaired) electrons. The van der Waals surface area contributed by atoms with Crippen LogP contribution >= 0.6 is 0 Å². The van der Waals surface area contributed by atoms with Crippen LogP contribution in [-0.2, 0) is 14.4 Å². The van der Waals surface area contributed by atoms with Gasteiger partial charge < -0.3 is 15.1 Å². The lowest BCUT2D eigenvalue weighted by Crippen LogP contribution is -2.54. The Morgan fingerprint density at radius 1 is 1.13 bits per heavy atom. The molecule has 0 aromatic heterocycles. The zero-order chi connectivity index (χ0) is 22.3. The second-order valence-corrected chi connectivity index (χ2v) is 8.50. The normalized spacial score (nSPS) is 15.3. The highest BCUT2D eigenvalue weighted by Gasteiger charge is 2.24. The van der Waals surface area contributed by atoms with Crippen LogP contribution in [0.3, 0.4) is 0 Å². The quantitative estimate of drug-likeness (QED) is 0.708. The molecule has 1 heterocycles. The first kappa shape index (κ1) is 23.5. The molecular formula is C22H31FN4O3. The Bertz CT molecular complexity index is 796. The van der Waals surface area contributed by atoms with Crippen LogP contribution in [0, 0.1) is 5.82 Å². The zero-order valence-corrected chi connectivity index (χ0v) is 18.2. The molecule has 1 aliphatic heterocycles. The molecule has 1 N–H and O–H groups in total. The van der Waals surface area contributed by atoms with E-state index in [4.69, 9.17) is 0 Å². The van der Waals surface area contributed by atoms with Crippen molar-refractivity contribution in [2.75, 3.05) is 46.3 Å². The van der Waals surface area contributed by atoms with E-state index in [1.807, 2.05) is 25.7 Å². The van der Waals surface area contributed by atoms with Crippen LogP contribution < -0.4 is 5.32 Å². The van der Waals surface area contributed by atoms with Crippen molar-refractivity contribution >= 4 is 23.8 Å². The summed E-state index contributed by atoms with van der Waals surface area (Å²) in [5.74, 6) is -0.961. The van der Waals surface area contributed by atoms with Gasteiger partial charge in [-0.25, -0.2) is 4.39 Å². The number of halogens is 1. The summed E-state index contributed by atoms with van der Waals surface area (Å²) in [5, 5.41) is 2.93. The Morgan fingerprint density at radius 2 is 1.77 bits per heavy atom. The van der Waals surface area contributed by atoms with Crippen molar-refractivity contribution in [1.29, 1.82) is 0 Å². The number of hydrogen-bond donors (Lipinski definition) is 1. The first-order valence-corrected chi connectivity index (χ1v) is 10.0. The lowest BCUT2D eigenvalue weighted by Gasteiger charge is -2.35. The van der Waals surface area contributed by atoms with Crippen LogP contribution in [0.1, 0.15) is 26.3 Å². The smallest absolute Gasteiger partial charge is 0.246 e. The minimum Gasteiger partial charge on any atom is -0.350 e. The molecule has 1 saturated heterocycles. The van der Waals surface area contributed by atoms with E-state index >= 15 is 0 Å². The topological polar surface area (TPSA) is 73.0 Å². The molecule has 3 amide bonds. The second-order valence-electron chi connectivity index (χ2n) is 8.50. The summed E-state index contributed by atoms with van der Waals surface area (Å²) in [7, 11) is 1.54. The van der Waals surface area contributed by atoms with Gasteiger partial charge in [0, 0.05) is 50.4 Å². The van der Waals surface area contributed by atoms with E-state index < -0.39 is 5.82 Å². The molecule has 0 spiro atoms. The van der Waals surface area contributed by atoms with Crippen molar-refractivity contribution in [2.24, 2.45) is 0 Å². The monoisotopic (exact) mass is 418 g/mol. The fourth-order valence-corrected chi connectivity index (χ4v) is 3.10. The summed E-state index contributed by atoms with van der Waals surface area (Å²) < 4.78 is 13.6. The maximum Gasteiger partial charge on any atom is 0.246 e. The van der Waals surface area contributed by atoms with Crippen molar-refractivity contribution in [3.05, 3.63) is 41.7 Å². The maximum atomic E-state index is 13.6. The van der Waals surface area contributed by atoms with Gasteiger partial charge in [-0.1, -0.05) is 18.2 Å². The van der Waals surface area contributed by atoms with Crippen LogP contribution in [-0.4, -0.2) is 84.3 Å². The number of nitrogens with zero attached hydrogens (tertiary/aromatic N) is 3. The predicted molar refractivity (Wildman–Crippen MR) is 114 cm³/mol. The van der Waals surface area contributed by atoms with Gasteiger partial charge in [0.15, 0.2) is 0 Å². The summed E-state index contributed by atoms with van der Waals surface area (Å²) in [5.41, 5.74) is 0.0457. The minimum absolute atomic E-state index is 0.0331. The Labute approximate surface area is 177 Å². The molecule has 0 saturated carbocycles. The average molecular weight is 419 g/mol. The third-order valence-corrected chi connectivity index (χ3v) is 4.67. The molecule has 1 aromatic carbocycles. The van der Waals surface area contributed by atoms with Crippen LogP contribution in [0.2, 0.25) is 0 Å². The molecule has 0 unspecified atom stereocenters. The Balaban J connectivity index is 1.78. The number of hydrogen-bond acceptors (Lipinski definition) is 4. The summed E-state index contributed by atoms with van der Waals surface area (Å²) in [6.07, 6.45) is 2.66. The third kappa shape index (κ3) is 7.59. The second kappa shape index (κ2) is 10.3. The molecule has 30 heavy (non-hydrogen) atoms. The average Bonchev–Trinajstić information content (AvgIpc) is 2.66. The van der Waals surface area contributed by atoms with Gasteiger partial charge in [-0.2, -0.15) is 0 Å². The van der Waals surface area contributed by atoms with Crippen LogP contribution in [0.5, 0.6) is 0 Å². The number of likely N-dealkylation sites (N-methyl/N-ethyl adjacent to an activating group) is 1. The SMILES string of the molecule is CN(CC(=O)N1CCN(CC(=O)NC(C)(C)C)CC1)C(=O)/C=C/c1ccccc1F. The zero-order valence-electron chi connectivity index (χ0n) is 18.2. The molecule has 0 bridgehead atoms. The van der Waals surface area contributed by atoms with Crippen LogP contribution in [0.15, 0.2) is 30.3 Å². The Morgan fingerprint density at radius 3 is 2.37 bits per heavy atom. The first-order valence-electron chi connectivity index (χ1n) is 10.0. The van der Waals surface area contributed by atoms with Crippen molar-refractivity contribution in [3.63, 3.8) is 0 Å². The van der Waals surface area contributed by atoms with E-state index in [1.54, 1.807) is 30.1 Å². The van der Waals surface area contributed by atoms with Gasteiger partial charge in [0.25, 0.3) is 0 Å². The van der Waals surface area contributed by atoms with Gasteiger partial charge in [-0.3, -0.25) is 19.3 Å². The number of nitrogens with one attached hydrogen (secondary N) is 1.